The Balaban J connectivity index is 2.24. The molecule has 0 aliphatic carbocycles. The SMILES string of the molecule is CCc1c(C(=O)NCC(CC)(C(=O)O)c2ccccc2)cnn1CC(C)C. The normalized spacial score (nSPS) is 13.4. The van der Waals surface area contributed by atoms with Gasteiger partial charge in [0.15, 0.2) is 0 Å². The summed E-state index contributed by atoms with van der Waals surface area (Å²) < 4.78 is 1.86. The fourth-order valence-electron chi connectivity index (χ4n) is 3.34. The lowest BCUT2D eigenvalue weighted by Gasteiger charge is -2.29. The van der Waals surface area contributed by atoms with Gasteiger partial charge in [0.25, 0.3) is 5.91 Å². The van der Waals surface area contributed by atoms with Crippen LogP contribution in [0, 0.1) is 5.92 Å². The molecule has 1 aromatic carbocycles. The van der Waals surface area contributed by atoms with Gasteiger partial charge in [0.05, 0.1) is 17.5 Å². The predicted molar refractivity (Wildman–Crippen MR) is 105 cm³/mol. The number of carbonyl (C=O) groups is 2. The number of hydrogen-bond donors (Lipinski definition) is 2. The van der Waals surface area contributed by atoms with Gasteiger partial charge in [-0.05, 0) is 24.3 Å². The van der Waals surface area contributed by atoms with Crippen LogP contribution in [0.2, 0.25) is 0 Å². The van der Waals surface area contributed by atoms with Crippen molar-refractivity contribution in [1.29, 1.82) is 0 Å². The Bertz CT molecular complexity index is 783. The number of carboxylic acid groups (broad SMARTS) is 1. The molecule has 1 heterocycles. The number of rotatable bonds is 9. The lowest BCUT2D eigenvalue weighted by molar-refractivity contribution is -0.143. The average molecular weight is 371 g/mol. The summed E-state index contributed by atoms with van der Waals surface area (Å²) in [5, 5.41) is 17.1. The molecule has 2 N–H and O–H groups in total. The van der Waals surface area contributed by atoms with Crippen molar-refractivity contribution in [3.8, 4) is 0 Å². The molecule has 1 aromatic heterocycles. The van der Waals surface area contributed by atoms with E-state index in [4.69, 9.17) is 0 Å². The molecule has 0 aliphatic heterocycles. The second-order valence-electron chi connectivity index (χ2n) is 7.22. The smallest absolute Gasteiger partial charge is 0.315 e. The van der Waals surface area contributed by atoms with E-state index in [2.05, 4.69) is 24.3 Å². The lowest BCUT2D eigenvalue weighted by atomic mass is 9.78. The average Bonchev–Trinajstić information content (AvgIpc) is 3.05. The summed E-state index contributed by atoms with van der Waals surface area (Å²) in [6, 6.07) is 9.07. The Labute approximate surface area is 160 Å². The van der Waals surface area contributed by atoms with E-state index >= 15 is 0 Å². The summed E-state index contributed by atoms with van der Waals surface area (Å²) in [4.78, 5) is 24.9. The van der Waals surface area contributed by atoms with Gasteiger partial charge >= 0.3 is 5.97 Å². The molecule has 1 unspecified atom stereocenters. The first-order valence-electron chi connectivity index (χ1n) is 9.47. The highest BCUT2D eigenvalue weighted by Gasteiger charge is 2.39. The molecule has 6 heteroatoms. The van der Waals surface area contributed by atoms with Gasteiger partial charge in [-0.2, -0.15) is 5.10 Å². The number of nitrogens with one attached hydrogen (secondary N) is 1. The zero-order chi connectivity index (χ0) is 20.0. The number of benzene rings is 1. The van der Waals surface area contributed by atoms with Gasteiger partial charge in [-0.15, -0.1) is 0 Å². The van der Waals surface area contributed by atoms with Gasteiger partial charge in [-0.3, -0.25) is 14.3 Å². The highest BCUT2D eigenvalue weighted by molar-refractivity contribution is 5.95. The summed E-state index contributed by atoms with van der Waals surface area (Å²) in [6.07, 6.45) is 2.64. The summed E-state index contributed by atoms with van der Waals surface area (Å²) in [7, 11) is 0. The Hall–Kier alpha value is -2.63. The standard InChI is InChI=1S/C21H29N3O3/c1-5-18-17(12-23-24(18)13-15(3)4)19(25)22-14-21(6-2,20(26)27)16-10-8-7-9-11-16/h7-12,15H,5-6,13-14H2,1-4H3,(H,22,25)(H,26,27). The molecule has 0 fully saturated rings. The summed E-state index contributed by atoms with van der Waals surface area (Å²) in [5.41, 5.74) is 0.920. The molecule has 0 saturated carbocycles. The molecular formula is C21H29N3O3. The van der Waals surface area contributed by atoms with Crippen molar-refractivity contribution in [3.05, 3.63) is 53.3 Å². The molecule has 0 saturated heterocycles. The van der Waals surface area contributed by atoms with E-state index in [1.165, 1.54) is 0 Å². The third-order valence-corrected chi connectivity index (χ3v) is 4.96. The number of hydrogen-bond acceptors (Lipinski definition) is 3. The summed E-state index contributed by atoms with van der Waals surface area (Å²) >= 11 is 0. The fraction of sp³-hybridized carbons (Fsp3) is 0.476. The number of aromatic nitrogens is 2. The molecule has 0 radical (unpaired) electrons. The maximum Gasteiger partial charge on any atom is 0.315 e. The number of carboxylic acids is 1. The zero-order valence-corrected chi connectivity index (χ0v) is 16.5. The molecule has 1 atom stereocenters. The second kappa shape index (κ2) is 8.84. The number of carbonyl (C=O) groups excluding carboxylic acids is 1. The van der Waals surface area contributed by atoms with Crippen molar-refractivity contribution in [1.82, 2.24) is 15.1 Å². The van der Waals surface area contributed by atoms with E-state index in [1.54, 1.807) is 18.3 Å². The fourth-order valence-corrected chi connectivity index (χ4v) is 3.34. The number of amides is 1. The highest BCUT2D eigenvalue weighted by atomic mass is 16.4. The molecule has 0 bridgehead atoms. The Morgan fingerprint density at radius 2 is 1.89 bits per heavy atom. The Kier molecular flexibility index (Phi) is 6.77. The molecule has 2 aromatic rings. The van der Waals surface area contributed by atoms with E-state index in [0.29, 0.717) is 29.9 Å². The zero-order valence-electron chi connectivity index (χ0n) is 16.5. The lowest BCUT2D eigenvalue weighted by Crippen LogP contribution is -2.46. The van der Waals surface area contributed by atoms with Gasteiger partial charge in [-0.25, -0.2) is 0 Å². The van der Waals surface area contributed by atoms with Crippen LogP contribution < -0.4 is 5.32 Å². The van der Waals surface area contributed by atoms with E-state index in [1.807, 2.05) is 36.7 Å². The van der Waals surface area contributed by atoms with E-state index in [9.17, 15) is 14.7 Å². The highest BCUT2D eigenvalue weighted by Crippen LogP contribution is 2.28. The van der Waals surface area contributed by atoms with Crippen molar-refractivity contribution in [3.63, 3.8) is 0 Å². The van der Waals surface area contributed by atoms with Crippen molar-refractivity contribution in [2.45, 2.75) is 52.5 Å². The monoisotopic (exact) mass is 371 g/mol. The van der Waals surface area contributed by atoms with Gasteiger partial charge < -0.3 is 10.4 Å². The van der Waals surface area contributed by atoms with E-state index < -0.39 is 11.4 Å². The third kappa shape index (κ3) is 4.38. The molecule has 6 nitrogen and oxygen atoms in total. The molecule has 0 spiro atoms. The maximum atomic E-state index is 12.8. The van der Waals surface area contributed by atoms with Gasteiger partial charge in [-0.1, -0.05) is 58.0 Å². The van der Waals surface area contributed by atoms with Crippen LogP contribution in [0.25, 0.3) is 0 Å². The molecular weight excluding hydrogens is 342 g/mol. The first-order chi connectivity index (χ1) is 12.9. The Morgan fingerprint density at radius 1 is 1.22 bits per heavy atom. The summed E-state index contributed by atoms with van der Waals surface area (Å²) in [6.45, 7) is 8.79. The molecule has 2 rings (SSSR count). The predicted octanol–water partition coefficient (Wildman–Crippen LogP) is 3.26. The van der Waals surface area contributed by atoms with Gasteiger partial charge in [0.2, 0.25) is 0 Å². The molecule has 1 amide bonds. The molecule has 0 aliphatic rings. The largest absolute Gasteiger partial charge is 0.481 e. The van der Waals surface area contributed by atoms with Crippen LogP contribution in [-0.4, -0.2) is 33.3 Å². The van der Waals surface area contributed by atoms with E-state index in [-0.39, 0.29) is 12.5 Å². The topological polar surface area (TPSA) is 84.2 Å². The van der Waals surface area contributed by atoms with Crippen LogP contribution in [0.15, 0.2) is 36.5 Å². The first kappa shape index (κ1) is 20.7. The quantitative estimate of drug-likeness (QED) is 0.708. The first-order valence-corrected chi connectivity index (χ1v) is 9.47. The Morgan fingerprint density at radius 3 is 2.41 bits per heavy atom. The molecule has 146 valence electrons. The third-order valence-electron chi connectivity index (χ3n) is 4.96. The van der Waals surface area contributed by atoms with E-state index in [0.717, 1.165) is 12.2 Å². The maximum absolute atomic E-state index is 12.8. The minimum atomic E-state index is -1.16. The number of nitrogens with zero attached hydrogens (tertiary/aromatic N) is 2. The van der Waals surface area contributed by atoms with Gasteiger partial charge in [0, 0.05) is 13.1 Å². The van der Waals surface area contributed by atoms with Crippen LogP contribution in [0.4, 0.5) is 0 Å². The van der Waals surface area contributed by atoms with Crippen LogP contribution in [0.3, 0.4) is 0 Å². The van der Waals surface area contributed by atoms with Crippen LogP contribution >= 0.6 is 0 Å². The minimum Gasteiger partial charge on any atom is -0.481 e. The van der Waals surface area contributed by atoms with Crippen LogP contribution in [-0.2, 0) is 23.2 Å². The molecule has 27 heavy (non-hydrogen) atoms. The second-order valence-corrected chi connectivity index (χ2v) is 7.22. The summed E-state index contributed by atoms with van der Waals surface area (Å²) in [5.74, 6) is -0.802. The number of aliphatic carboxylic acids is 1. The van der Waals surface area contributed by atoms with Crippen molar-refractivity contribution >= 4 is 11.9 Å². The van der Waals surface area contributed by atoms with Crippen LogP contribution in [0.5, 0.6) is 0 Å². The van der Waals surface area contributed by atoms with Crippen molar-refractivity contribution in [2.24, 2.45) is 5.92 Å². The van der Waals surface area contributed by atoms with Crippen molar-refractivity contribution < 1.29 is 14.7 Å². The van der Waals surface area contributed by atoms with Crippen molar-refractivity contribution in [2.75, 3.05) is 6.54 Å². The van der Waals surface area contributed by atoms with Crippen LogP contribution in [0.1, 0.15) is 55.7 Å². The van der Waals surface area contributed by atoms with Gasteiger partial charge in [0.1, 0.15) is 5.41 Å². The minimum absolute atomic E-state index is 0.0280.